The van der Waals surface area contributed by atoms with Crippen molar-refractivity contribution in [1.29, 1.82) is 0 Å². The number of carbonyl (C=O) groups excluding carboxylic acids is 2. The molecule has 2 aromatic carbocycles. The van der Waals surface area contributed by atoms with Crippen molar-refractivity contribution >= 4 is 23.4 Å². The van der Waals surface area contributed by atoms with E-state index in [-0.39, 0.29) is 12.1 Å². The van der Waals surface area contributed by atoms with E-state index in [2.05, 4.69) is 21.3 Å². The standard InChI is InChI=1S/C18H22N4O3/c1-25-11-10-19-17(23)20-13-14-6-5-9-16(12-14)22-18(24)21-15-7-3-2-4-8-15/h2-9,12H,10-11,13H2,1H3,(H2,19,20,23)(H2,21,22,24). The molecule has 7 nitrogen and oxygen atoms in total. The van der Waals surface area contributed by atoms with E-state index < -0.39 is 0 Å². The molecule has 2 aromatic rings. The highest BCUT2D eigenvalue weighted by Gasteiger charge is 2.04. The molecule has 0 atom stereocenters. The molecule has 4 N–H and O–H groups in total. The first-order valence-electron chi connectivity index (χ1n) is 7.90. The third-order valence-corrected chi connectivity index (χ3v) is 3.26. The van der Waals surface area contributed by atoms with Gasteiger partial charge in [-0.2, -0.15) is 0 Å². The van der Waals surface area contributed by atoms with Gasteiger partial charge < -0.3 is 26.0 Å². The fraction of sp³-hybridized carbons (Fsp3) is 0.222. The summed E-state index contributed by atoms with van der Waals surface area (Å²) in [6.07, 6.45) is 0. The Hall–Kier alpha value is -3.06. The molecule has 0 aliphatic carbocycles. The highest BCUT2D eigenvalue weighted by molar-refractivity contribution is 5.99. The van der Waals surface area contributed by atoms with Crippen LogP contribution in [-0.4, -0.2) is 32.3 Å². The smallest absolute Gasteiger partial charge is 0.323 e. The summed E-state index contributed by atoms with van der Waals surface area (Å²) < 4.78 is 4.86. The van der Waals surface area contributed by atoms with Gasteiger partial charge in [0.05, 0.1) is 6.61 Å². The maximum atomic E-state index is 12.0. The number of hydrogen-bond acceptors (Lipinski definition) is 3. The summed E-state index contributed by atoms with van der Waals surface area (Å²) in [5.74, 6) is 0. The molecule has 0 saturated carbocycles. The molecule has 0 heterocycles. The van der Waals surface area contributed by atoms with Gasteiger partial charge in [-0.25, -0.2) is 9.59 Å². The molecule has 0 aliphatic heterocycles. The molecule has 7 heteroatoms. The third kappa shape index (κ3) is 6.92. The Morgan fingerprint density at radius 3 is 2.36 bits per heavy atom. The molecule has 0 spiro atoms. The predicted molar refractivity (Wildman–Crippen MR) is 97.6 cm³/mol. The Bertz CT molecular complexity index is 692. The van der Waals surface area contributed by atoms with Crippen LogP contribution in [0.3, 0.4) is 0 Å². The summed E-state index contributed by atoms with van der Waals surface area (Å²) in [7, 11) is 1.58. The Labute approximate surface area is 146 Å². The molecule has 0 aliphatic rings. The highest BCUT2D eigenvalue weighted by Crippen LogP contribution is 2.12. The summed E-state index contributed by atoms with van der Waals surface area (Å²) in [6.45, 7) is 1.27. The van der Waals surface area contributed by atoms with Crippen molar-refractivity contribution in [2.24, 2.45) is 0 Å². The van der Waals surface area contributed by atoms with Crippen LogP contribution in [0, 0.1) is 0 Å². The molecule has 0 unspecified atom stereocenters. The number of hydrogen-bond donors (Lipinski definition) is 4. The number of benzene rings is 2. The molecule has 25 heavy (non-hydrogen) atoms. The first kappa shape index (κ1) is 18.3. The number of para-hydroxylation sites is 1. The van der Waals surface area contributed by atoms with Gasteiger partial charge in [-0.05, 0) is 29.8 Å². The van der Waals surface area contributed by atoms with E-state index in [0.717, 1.165) is 5.56 Å². The maximum Gasteiger partial charge on any atom is 0.323 e. The first-order valence-corrected chi connectivity index (χ1v) is 7.90. The van der Waals surface area contributed by atoms with E-state index in [0.29, 0.717) is 31.1 Å². The van der Waals surface area contributed by atoms with Crippen LogP contribution >= 0.6 is 0 Å². The van der Waals surface area contributed by atoms with Gasteiger partial charge in [-0.15, -0.1) is 0 Å². The summed E-state index contributed by atoms with van der Waals surface area (Å²) in [5.41, 5.74) is 2.23. The van der Waals surface area contributed by atoms with Crippen LogP contribution in [0.5, 0.6) is 0 Å². The minimum Gasteiger partial charge on any atom is -0.383 e. The van der Waals surface area contributed by atoms with Crippen LogP contribution in [0.4, 0.5) is 21.0 Å². The lowest BCUT2D eigenvalue weighted by Crippen LogP contribution is -2.36. The normalized spacial score (nSPS) is 9.96. The number of nitrogens with one attached hydrogen (secondary N) is 4. The zero-order valence-electron chi connectivity index (χ0n) is 14.0. The Kier molecular flexibility index (Phi) is 7.27. The zero-order chi connectivity index (χ0) is 17.9. The van der Waals surface area contributed by atoms with Crippen LogP contribution in [0.25, 0.3) is 0 Å². The van der Waals surface area contributed by atoms with E-state index in [9.17, 15) is 9.59 Å². The van der Waals surface area contributed by atoms with Gasteiger partial charge in [-0.1, -0.05) is 30.3 Å². The molecule has 2 rings (SSSR count). The number of urea groups is 2. The quantitative estimate of drug-likeness (QED) is 0.583. The van der Waals surface area contributed by atoms with Crippen molar-refractivity contribution in [1.82, 2.24) is 10.6 Å². The van der Waals surface area contributed by atoms with Crippen LogP contribution in [0.2, 0.25) is 0 Å². The minimum atomic E-state index is -0.325. The van der Waals surface area contributed by atoms with Gasteiger partial charge in [-0.3, -0.25) is 0 Å². The fourth-order valence-electron chi connectivity index (χ4n) is 2.09. The summed E-state index contributed by atoms with van der Waals surface area (Å²) >= 11 is 0. The van der Waals surface area contributed by atoms with Crippen molar-refractivity contribution in [3.63, 3.8) is 0 Å². The van der Waals surface area contributed by atoms with E-state index >= 15 is 0 Å². The van der Waals surface area contributed by atoms with E-state index in [1.54, 1.807) is 19.2 Å². The Balaban J connectivity index is 1.82. The number of ether oxygens (including phenoxy) is 1. The van der Waals surface area contributed by atoms with Crippen molar-refractivity contribution in [2.75, 3.05) is 30.9 Å². The predicted octanol–water partition coefficient (Wildman–Crippen LogP) is 2.78. The van der Waals surface area contributed by atoms with Gasteiger partial charge in [0.1, 0.15) is 0 Å². The minimum absolute atomic E-state index is 0.266. The van der Waals surface area contributed by atoms with Crippen LogP contribution in [0.1, 0.15) is 5.56 Å². The molecule has 0 saturated heterocycles. The maximum absolute atomic E-state index is 12.0. The SMILES string of the molecule is COCCNC(=O)NCc1cccc(NC(=O)Nc2ccccc2)c1. The van der Waals surface area contributed by atoms with E-state index in [1.165, 1.54) is 0 Å². The largest absolute Gasteiger partial charge is 0.383 e. The molecular formula is C18H22N4O3. The summed E-state index contributed by atoms with van der Waals surface area (Å²) in [6, 6.07) is 15.9. The summed E-state index contributed by atoms with van der Waals surface area (Å²) in [4.78, 5) is 23.6. The van der Waals surface area contributed by atoms with Crippen LogP contribution in [-0.2, 0) is 11.3 Å². The van der Waals surface area contributed by atoms with E-state index in [1.807, 2.05) is 42.5 Å². The van der Waals surface area contributed by atoms with Gasteiger partial charge >= 0.3 is 12.1 Å². The highest BCUT2D eigenvalue weighted by atomic mass is 16.5. The summed E-state index contributed by atoms with van der Waals surface area (Å²) in [5, 5.41) is 10.9. The molecule has 132 valence electrons. The van der Waals surface area contributed by atoms with Gasteiger partial charge in [0.15, 0.2) is 0 Å². The van der Waals surface area contributed by atoms with Crippen LogP contribution in [0.15, 0.2) is 54.6 Å². The second kappa shape index (κ2) is 9.94. The van der Waals surface area contributed by atoms with Crippen molar-refractivity contribution < 1.29 is 14.3 Å². The molecule has 4 amide bonds. The van der Waals surface area contributed by atoms with Gasteiger partial charge in [0, 0.05) is 31.6 Å². The van der Waals surface area contributed by atoms with E-state index in [4.69, 9.17) is 4.74 Å². The first-order chi connectivity index (χ1) is 12.2. The molecule has 0 fully saturated rings. The third-order valence-electron chi connectivity index (χ3n) is 3.26. The number of amides is 4. The lowest BCUT2D eigenvalue weighted by Gasteiger charge is -2.10. The number of methoxy groups -OCH3 is 1. The average Bonchev–Trinajstić information content (AvgIpc) is 2.61. The Morgan fingerprint density at radius 2 is 1.60 bits per heavy atom. The number of rotatable bonds is 7. The Morgan fingerprint density at radius 1 is 0.880 bits per heavy atom. The zero-order valence-corrected chi connectivity index (χ0v) is 14.0. The fourth-order valence-corrected chi connectivity index (χ4v) is 2.09. The van der Waals surface area contributed by atoms with Crippen LogP contribution < -0.4 is 21.3 Å². The lowest BCUT2D eigenvalue weighted by atomic mass is 10.2. The topological polar surface area (TPSA) is 91.5 Å². The average molecular weight is 342 g/mol. The number of carbonyl (C=O) groups is 2. The number of anilines is 2. The van der Waals surface area contributed by atoms with Crippen molar-refractivity contribution in [2.45, 2.75) is 6.54 Å². The second-order valence-electron chi connectivity index (χ2n) is 5.25. The van der Waals surface area contributed by atoms with Crippen molar-refractivity contribution in [3.05, 3.63) is 60.2 Å². The van der Waals surface area contributed by atoms with Gasteiger partial charge in [0.25, 0.3) is 0 Å². The molecule has 0 radical (unpaired) electrons. The molecule has 0 aromatic heterocycles. The monoisotopic (exact) mass is 342 g/mol. The second-order valence-corrected chi connectivity index (χ2v) is 5.25. The molecule has 0 bridgehead atoms. The molecular weight excluding hydrogens is 320 g/mol. The lowest BCUT2D eigenvalue weighted by molar-refractivity contribution is 0.196. The van der Waals surface area contributed by atoms with Crippen molar-refractivity contribution in [3.8, 4) is 0 Å². The van der Waals surface area contributed by atoms with Gasteiger partial charge in [0.2, 0.25) is 0 Å².